The first-order chi connectivity index (χ1) is 19.9. The average molecular weight is 608 g/mol. The lowest BCUT2D eigenvalue weighted by atomic mass is 10.1. The smallest absolute Gasteiger partial charge is 0.422 e. The van der Waals surface area contributed by atoms with Crippen LogP contribution < -0.4 is 32.2 Å². The number of hydrogen-bond donors (Lipinski definition) is 6. The number of hydrogen-bond acceptors (Lipinski definition) is 9. The van der Waals surface area contributed by atoms with Crippen LogP contribution in [0.3, 0.4) is 0 Å². The lowest BCUT2D eigenvalue weighted by Crippen LogP contribution is -2.29. The van der Waals surface area contributed by atoms with Crippen LogP contribution in [0.25, 0.3) is 0 Å². The van der Waals surface area contributed by atoms with E-state index in [9.17, 15) is 23.1 Å². The average Bonchev–Trinajstić information content (AvgIpc) is 3.70. The summed E-state index contributed by atoms with van der Waals surface area (Å²) in [6.07, 6.45) is -2.35. The molecule has 2 aromatic carbocycles. The standard InChI is InChI=1S/C26H29ClF3N9O3/c27-16-5-3-15(4-6-16)25(11-12-25)39-23-36-22(37-24(38-23)42-14-26(28,29)30)35-18-9-7-17(8-10-18)34-19(20(40)41)2-1-13-33-21(31)32/h3-10,19,34H,1-2,11-14H2,(H,40,41)(H4,31,32,33)(H2,35,36,37,38,39)/t19-/m1/s1. The molecule has 1 saturated carbocycles. The number of nitrogens with two attached hydrogens (primary N) is 2. The van der Waals surface area contributed by atoms with Crippen molar-refractivity contribution in [3.05, 3.63) is 59.1 Å². The Bertz CT molecular complexity index is 1400. The third-order valence-electron chi connectivity index (χ3n) is 6.20. The molecule has 1 fully saturated rings. The van der Waals surface area contributed by atoms with E-state index in [0.717, 1.165) is 18.4 Å². The number of nitrogens with one attached hydrogen (secondary N) is 3. The second kappa shape index (κ2) is 13.0. The Hall–Kier alpha value is -4.53. The van der Waals surface area contributed by atoms with E-state index in [1.165, 1.54) is 0 Å². The van der Waals surface area contributed by atoms with E-state index in [1.54, 1.807) is 36.4 Å². The van der Waals surface area contributed by atoms with Crippen molar-refractivity contribution in [3.63, 3.8) is 0 Å². The van der Waals surface area contributed by atoms with Crippen molar-refractivity contribution in [1.82, 2.24) is 15.0 Å². The van der Waals surface area contributed by atoms with Gasteiger partial charge in [-0.2, -0.15) is 28.1 Å². The van der Waals surface area contributed by atoms with Crippen LogP contribution in [0.1, 0.15) is 31.2 Å². The van der Waals surface area contributed by atoms with Crippen molar-refractivity contribution in [3.8, 4) is 6.01 Å². The molecular weight excluding hydrogens is 579 g/mol. The molecule has 8 N–H and O–H groups in total. The normalized spacial score (nSPS) is 14.4. The monoisotopic (exact) mass is 607 g/mol. The fourth-order valence-electron chi connectivity index (χ4n) is 4.01. The van der Waals surface area contributed by atoms with E-state index in [-0.39, 0.29) is 24.3 Å². The van der Waals surface area contributed by atoms with Crippen molar-refractivity contribution >= 4 is 46.8 Å². The van der Waals surface area contributed by atoms with Gasteiger partial charge in [-0.15, -0.1) is 0 Å². The number of ether oxygens (including phenoxy) is 1. The maximum Gasteiger partial charge on any atom is 0.422 e. The first-order valence-electron chi connectivity index (χ1n) is 12.8. The molecule has 0 amide bonds. The summed E-state index contributed by atoms with van der Waals surface area (Å²) in [5, 5.41) is 19.2. The van der Waals surface area contributed by atoms with Crippen LogP contribution in [0.2, 0.25) is 5.02 Å². The number of carbonyl (C=O) groups is 1. The molecule has 1 heterocycles. The lowest BCUT2D eigenvalue weighted by molar-refractivity contribution is -0.154. The van der Waals surface area contributed by atoms with Crippen LogP contribution in [0.4, 0.5) is 36.4 Å². The number of nitrogens with zero attached hydrogens (tertiary/aromatic N) is 4. The van der Waals surface area contributed by atoms with Gasteiger partial charge in [0.05, 0.1) is 5.54 Å². The van der Waals surface area contributed by atoms with Gasteiger partial charge in [0.15, 0.2) is 12.6 Å². The van der Waals surface area contributed by atoms with Gasteiger partial charge in [-0.05, 0) is 67.6 Å². The van der Waals surface area contributed by atoms with E-state index in [1.807, 2.05) is 12.1 Å². The van der Waals surface area contributed by atoms with Crippen LogP contribution in [-0.2, 0) is 10.3 Å². The first kappa shape index (κ1) is 30.4. The van der Waals surface area contributed by atoms with E-state index in [0.29, 0.717) is 29.4 Å². The van der Waals surface area contributed by atoms with E-state index < -0.39 is 36.3 Å². The lowest BCUT2D eigenvalue weighted by Gasteiger charge is -2.19. The summed E-state index contributed by atoms with van der Waals surface area (Å²) in [4.78, 5) is 27.9. The minimum Gasteiger partial charge on any atom is -0.480 e. The van der Waals surface area contributed by atoms with Gasteiger partial charge < -0.3 is 37.3 Å². The Morgan fingerprint density at radius 3 is 2.29 bits per heavy atom. The number of halogens is 4. The molecule has 1 atom stereocenters. The molecule has 0 bridgehead atoms. The van der Waals surface area contributed by atoms with Gasteiger partial charge in [-0.25, -0.2) is 4.79 Å². The number of aliphatic imine (C=N–C) groups is 1. The Balaban J connectivity index is 1.47. The zero-order valence-corrected chi connectivity index (χ0v) is 22.9. The van der Waals surface area contributed by atoms with Gasteiger partial charge in [0.2, 0.25) is 11.9 Å². The van der Waals surface area contributed by atoms with Gasteiger partial charge >= 0.3 is 18.2 Å². The molecule has 16 heteroatoms. The van der Waals surface area contributed by atoms with Gasteiger partial charge in [0, 0.05) is 22.9 Å². The molecule has 1 aliphatic rings. The molecule has 0 spiro atoms. The molecule has 0 radical (unpaired) electrons. The molecular formula is C26H29ClF3N9O3. The number of aromatic nitrogens is 3. The number of benzene rings is 2. The topological polar surface area (TPSA) is 186 Å². The summed E-state index contributed by atoms with van der Waals surface area (Å²) < 4.78 is 43.3. The predicted octanol–water partition coefficient (Wildman–Crippen LogP) is 4.23. The Morgan fingerprint density at radius 2 is 1.69 bits per heavy atom. The number of aliphatic carboxylic acids is 1. The third kappa shape index (κ3) is 8.99. The minimum absolute atomic E-state index is 0.0282. The summed E-state index contributed by atoms with van der Waals surface area (Å²) in [6, 6.07) is 12.4. The number of carboxylic acid groups (broad SMARTS) is 1. The molecule has 0 aliphatic heterocycles. The molecule has 12 nitrogen and oxygen atoms in total. The Morgan fingerprint density at radius 1 is 1.05 bits per heavy atom. The van der Waals surface area contributed by atoms with E-state index in [2.05, 4.69) is 35.9 Å². The highest BCUT2D eigenvalue weighted by Gasteiger charge is 2.45. The summed E-state index contributed by atoms with van der Waals surface area (Å²) in [5.74, 6) is -1.13. The van der Waals surface area contributed by atoms with Crippen molar-refractivity contribution in [2.24, 2.45) is 16.5 Å². The Labute approximate surface area is 243 Å². The number of rotatable bonds is 14. The third-order valence-corrected chi connectivity index (χ3v) is 6.46. The van der Waals surface area contributed by atoms with Crippen LogP contribution >= 0.6 is 11.6 Å². The summed E-state index contributed by atoms with van der Waals surface area (Å²) in [5.41, 5.74) is 12.0. The van der Waals surface area contributed by atoms with Crippen molar-refractivity contribution < 1.29 is 27.8 Å². The van der Waals surface area contributed by atoms with Gasteiger partial charge in [-0.3, -0.25) is 4.99 Å². The van der Waals surface area contributed by atoms with Gasteiger partial charge in [0.1, 0.15) is 6.04 Å². The maximum atomic E-state index is 12.8. The second-order valence-corrected chi connectivity index (χ2v) is 10.0. The Kier molecular flexibility index (Phi) is 9.40. The number of alkyl halides is 3. The van der Waals surface area contributed by atoms with Gasteiger partial charge in [0.25, 0.3) is 0 Å². The minimum atomic E-state index is -4.59. The van der Waals surface area contributed by atoms with Crippen molar-refractivity contribution in [2.45, 2.75) is 43.4 Å². The molecule has 0 unspecified atom stereocenters. The number of guanidine groups is 1. The number of anilines is 4. The zero-order valence-electron chi connectivity index (χ0n) is 22.2. The highest BCUT2D eigenvalue weighted by Crippen LogP contribution is 2.48. The fraction of sp³-hybridized carbons (Fsp3) is 0.346. The SMILES string of the molecule is NC(N)=NCCC[C@@H](Nc1ccc(Nc2nc(NC3(c4ccc(Cl)cc4)CC3)nc(OCC(F)(F)F)n2)cc1)C(=O)O. The molecule has 4 rings (SSSR count). The highest BCUT2D eigenvalue weighted by atomic mass is 35.5. The van der Waals surface area contributed by atoms with Crippen LogP contribution in [0, 0.1) is 0 Å². The number of carboxylic acids is 1. The summed E-state index contributed by atoms with van der Waals surface area (Å²) >= 11 is 6.00. The molecule has 42 heavy (non-hydrogen) atoms. The zero-order chi connectivity index (χ0) is 30.3. The summed E-state index contributed by atoms with van der Waals surface area (Å²) in [7, 11) is 0. The molecule has 1 aromatic heterocycles. The quantitative estimate of drug-likeness (QED) is 0.0875. The molecule has 1 aliphatic carbocycles. The van der Waals surface area contributed by atoms with Gasteiger partial charge in [-0.1, -0.05) is 23.7 Å². The van der Waals surface area contributed by atoms with E-state index in [4.69, 9.17) is 27.8 Å². The van der Waals surface area contributed by atoms with Crippen LogP contribution in [0.15, 0.2) is 53.5 Å². The van der Waals surface area contributed by atoms with Crippen LogP contribution in [0.5, 0.6) is 6.01 Å². The largest absolute Gasteiger partial charge is 0.480 e. The summed E-state index contributed by atoms with van der Waals surface area (Å²) in [6.45, 7) is -1.27. The second-order valence-electron chi connectivity index (χ2n) is 9.57. The maximum absolute atomic E-state index is 12.8. The molecule has 224 valence electrons. The predicted molar refractivity (Wildman–Crippen MR) is 152 cm³/mol. The fourth-order valence-corrected chi connectivity index (χ4v) is 4.14. The first-order valence-corrected chi connectivity index (χ1v) is 13.2. The highest BCUT2D eigenvalue weighted by molar-refractivity contribution is 6.30. The van der Waals surface area contributed by atoms with Crippen LogP contribution in [-0.4, -0.2) is 57.4 Å². The molecule has 0 saturated heterocycles. The van der Waals surface area contributed by atoms with Crippen molar-refractivity contribution in [2.75, 3.05) is 29.1 Å². The van der Waals surface area contributed by atoms with E-state index >= 15 is 0 Å². The van der Waals surface area contributed by atoms with Crippen molar-refractivity contribution in [1.29, 1.82) is 0 Å². The molecule has 3 aromatic rings.